The van der Waals surface area contributed by atoms with E-state index in [1.54, 1.807) is 24.3 Å². The van der Waals surface area contributed by atoms with Gasteiger partial charge in [0.25, 0.3) is 5.91 Å². The van der Waals surface area contributed by atoms with Crippen molar-refractivity contribution in [3.05, 3.63) is 62.3 Å². The number of carbonyl (C=O) groups excluding carboxylic acids is 2. The van der Waals surface area contributed by atoms with Gasteiger partial charge in [0.2, 0.25) is 0 Å². The predicted octanol–water partition coefficient (Wildman–Crippen LogP) is 3.27. The fourth-order valence-corrected chi connectivity index (χ4v) is 4.79. The molecule has 0 spiro atoms. The van der Waals surface area contributed by atoms with E-state index in [4.69, 9.17) is 9.15 Å². The lowest BCUT2D eigenvalue weighted by molar-refractivity contribution is 0.0600. The van der Waals surface area contributed by atoms with E-state index in [0.29, 0.717) is 28.0 Å². The fraction of sp³-hybridized carbons (Fsp3) is 0.286. The number of nitrogens with one attached hydrogen (secondary N) is 1. The number of esters is 1. The molecule has 0 aliphatic carbocycles. The Hall–Kier alpha value is -2.97. The van der Waals surface area contributed by atoms with Crippen LogP contribution in [0.2, 0.25) is 0 Å². The molecule has 4 rings (SSSR count). The van der Waals surface area contributed by atoms with Crippen LogP contribution in [0, 0.1) is 0 Å². The van der Waals surface area contributed by atoms with Gasteiger partial charge in [0, 0.05) is 24.0 Å². The molecular formula is C21H20N2O5S. The Morgan fingerprint density at radius 2 is 2.10 bits per heavy atom. The lowest BCUT2D eigenvalue weighted by atomic mass is 10.0. The Labute approximate surface area is 170 Å². The zero-order valence-electron chi connectivity index (χ0n) is 16.1. The lowest BCUT2D eigenvalue weighted by Crippen LogP contribution is -2.29. The predicted molar refractivity (Wildman–Crippen MR) is 111 cm³/mol. The standard InChI is InChI=1S/C21H20N2O5S/c1-3-23-9-8-13-17(11-23)29-20(18(13)21(26)27-2)22-19(25)16-10-14(24)12-6-4-5-7-15(12)28-16/h4-7,10H,3,8-9,11H2,1-2H3,(H,22,25). The van der Waals surface area contributed by atoms with Crippen LogP contribution >= 0.6 is 11.3 Å². The van der Waals surface area contributed by atoms with Crippen molar-refractivity contribution < 1.29 is 18.7 Å². The molecule has 3 aromatic rings. The molecule has 7 nitrogen and oxygen atoms in total. The Bertz CT molecular complexity index is 1160. The second-order valence-electron chi connectivity index (χ2n) is 6.74. The first kappa shape index (κ1) is 19.4. The van der Waals surface area contributed by atoms with Crippen molar-refractivity contribution >= 4 is 39.2 Å². The molecule has 1 aliphatic rings. The summed E-state index contributed by atoms with van der Waals surface area (Å²) in [5.74, 6) is -1.17. The van der Waals surface area contributed by atoms with Gasteiger partial charge in [-0.15, -0.1) is 11.3 Å². The minimum Gasteiger partial charge on any atom is -0.465 e. The third-order valence-electron chi connectivity index (χ3n) is 5.06. The van der Waals surface area contributed by atoms with Gasteiger partial charge < -0.3 is 14.5 Å². The van der Waals surface area contributed by atoms with Crippen molar-refractivity contribution in [3.8, 4) is 0 Å². The minimum atomic E-state index is -0.580. The second-order valence-corrected chi connectivity index (χ2v) is 7.85. The highest BCUT2D eigenvalue weighted by molar-refractivity contribution is 7.17. The molecule has 0 unspecified atom stereocenters. The van der Waals surface area contributed by atoms with Crippen molar-refractivity contribution in [1.29, 1.82) is 0 Å². The van der Waals surface area contributed by atoms with E-state index in [0.717, 1.165) is 30.1 Å². The molecule has 1 aromatic carbocycles. The number of amides is 1. The van der Waals surface area contributed by atoms with Crippen LogP contribution in [0.3, 0.4) is 0 Å². The highest BCUT2D eigenvalue weighted by atomic mass is 32.1. The fourth-order valence-electron chi connectivity index (χ4n) is 3.51. The number of nitrogens with zero attached hydrogens (tertiary/aromatic N) is 1. The first-order valence-corrected chi connectivity index (χ1v) is 10.1. The molecule has 3 heterocycles. The quantitative estimate of drug-likeness (QED) is 0.662. The van der Waals surface area contributed by atoms with E-state index in [-0.39, 0.29) is 11.2 Å². The average Bonchev–Trinajstić information content (AvgIpc) is 3.09. The molecule has 1 aliphatic heterocycles. The van der Waals surface area contributed by atoms with Crippen molar-refractivity contribution in [2.45, 2.75) is 19.9 Å². The summed E-state index contributed by atoms with van der Waals surface area (Å²) in [6.07, 6.45) is 0.713. The number of hydrogen-bond acceptors (Lipinski definition) is 7. The zero-order valence-corrected chi connectivity index (χ0v) is 16.9. The van der Waals surface area contributed by atoms with Crippen LogP contribution < -0.4 is 10.7 Å². The van der Waals surface area contributed by atoms with Gasteiger partial charge in [-0.05, 0) is 30.7 Å². The van der Waals surface area contributed by atoms with Crippen LogP contribution in [-0.4, -0.2) is 37.0 Å². The third-order valence-corrected chi connectivity index (χ3v) is 6.19. The Morgan fingerprint density at radius 1 is 1.31 bits per heavy atom. The normalized spacial score (nSPS) is 13.9. The van der Waals surface area contributed by atoms with Gasteiger partial charge >= 0.3 is 5.97 Å². The van der Waals surface area contributed by atoms with Gasteiger partial charge in [-0.2, -0.15) is 0 Å². The summed E-state index contributed by atoms with van der Waals surface area (Å²) in [4.78, 5) is 40.8. The molecule has 0 bridgehead atoms. The first-order valence-electron chi connectivity index (χ1n) is 9.31. The number of carbonyl (C=O) groups is 2. The van der Waals surface area contributed by atoms with Gasteiger partial charge in [0.1, 0.15) is 10.6 Å². The Kier molecular flexibility index (Phi) is 5.21. The van der Waals surface area contributed by atoms with Crippen LogP contribution in [0.5, 0.6) is 0 Å². The summed E-state index contributed by atoms with van der Waals surface area (Å²) >= 11 is 1.36. The second kappa shape index (κ2) is 7.81. The maximum Gasteiger partial charge on any atom is 0.341 e. The number of ether oxygens (including phenoxy) is 1. The number of para-hydroxylation sites is 1. The van der Waals surface area contributed by atoms with Crippen molar-refractivity contribution in [2.75, 3.05) is 25.5 Å². The highest BCUT2D eigenvalue weighted by Gasteiger charge is 2.29. The number of benzene rings is 1. The first-order chi connectivity index (χ1) is 14.0. The highest BCUT2D eigenvalue weighted by Crippen LogP contribution is 2.37. The summed E-state index contributed by atoms with van der Waals surface area (Å²) in [6.45, 7) is 4.57. The number of thiophene rings is 1. The number of likely N-dealkylation sites (N-methyl/N-ethyl adjacent to an activating group) is 1. The number of methoxy groups -OCH3 is 1. The average molecular weight is 412 g/mol. The van der Waals surface area contributed by atoms with Crippen molar-refractivity contribution in [2.24, 2.45) is 0 Å². The van der Waals surface area contributed by atoms with E-state index in [2.05, 4.69) is 17.1 Å². The Morgan fingerprint density at radius 3 is 2.86 bits per heavy atom. The topological polar surface area (TPSA) is 88.9 Å². The minimum absolute atomic E-state index is 0.105. The smallest absolute Gasteiger partial charge is 0.341 e. The summed E-state index contributed by atoms with van der Waals surface area (Å²) in [5.41, 5.74) is 1.35. The van der Waals surface area contributed by atoms with Crippen molar-refractivity contribution in [1.82, 2.24) is 4.90 Å². The molecule has 0 saturated heterocycles. The summed E-state index contributed by atoms with van der Waals surface area (Å²) in [6, 6.07) is 7.91. The lowest BCUT2D eigenvalue weighted by Gasteiger charge is -2.25. The van der Waals surface area contributed by atoms with Crippen LogP contribution in [0.25, 0.3) is 11.0 Å². The maximum atomic E-state index is 12.8. The van der Waals surface area contributed by atoms with Gasteiger partial charge in [-0.1, -0.05) is 19.1 Å². The van der Waals surface area contributed by atoms with E-state index in [1.807, 2.05) is 0 Å². The molecule has 0 radical (unpaired) electrons. The Balaban J connectivity index is 1.70. The molecule has 1 amide bonds. The molecule has 0 saturated carbocycles. The van der Waals surface area contributed by atoms with Gasteiger partial charge in [0.05, 0.1) is 18.1 Å². The number of hydrogen-bond donors (Lipinski definition) is 1. The number of fused-ring (bicyclic) bond motifs is 2. The molecule has 1 N–H and O–H groups in total. The zero-order chi connectivity index (χ0) is 20.5. The summed E-state index contributed by atoms with van der Waals surface area (Å²) in [5, 5.41) is 3.58. The van der Waals surface area contributed by atoms with Crippen LogP contribution in [-0.2, 0) is 17.7 Å². The van der Waals surface area contributed by atoms with E-state index >= 15 is 0 Å². The molecule has 0 fully saturated rings. The monoisotopic (exact) mass is 412 g/mol. The van der Waals surface area contributed by atoms with Gasteiger partial charge in [0.15, 0.2) is 11.2 Å². The molecule has 8 heteroatoms. The van der Waals surface area contributed by atoms with Crippen LogP contribution in [0.1, 0.15) is 38.3 Å². The third kappa shape index (κ3) is 3.56. The largest absolute Gasteiger partial charge is 0.465 e. The molecular weight excluding hydrogens is 392 g/mol. The number of anilines is 1. The van der Waals surface area contributed by atoms with Crippen LogP contribution in [0.4, 0.5) is 5.00 Å². The summed E-state index contributed by atoms with van der Waals surface area (Å²) in [7, 11) is 1.32. The van der Waals surface area contributed by atoms with Gasteiger partial charge in [-0.25, -0.2) is 4.79 Å². The summed E-state index contributed by atoms with van der Waals surface area (Å²) < 4.78 is 10.6. The van der Waals surface area contributed by atoms with Crippen LogP contribution in [0.15, 0.2) is 39.5 Å². The van der Waals surface area contributed by atoms with Crippen molar-refractivity contribution in [3.63, 3.8) is 0 Å². The molecule has 150 valence electrons. The van der Waals surface area contributed by atoms with E-state index in [9.17, 15) is 14.4 Å². The molecule has 2 aromatic heterocycles. The van der Waals surface area contributed by atoms with E-state index < -0.39 is 11.9 Å². The molecule has 29 heavy (non-hydrogen) atoms. The SMILES string of the molecule is CCN1CCc2c(sc(NC(=O)c3cc(=O)c4ccccc4o3)c2C(=O)OC)C1. The van der Waals surface area contributed by atoms with Gasteiger partial charge in [-0.3, -0.25) is 14.5 Å². The maximum absolute atomic E-state index is 12.8. The van der Waals surface area contributed by atoms with E-state index in [1.165, 1.54) is 24.5 Å². The molecule has 0 atom stereocenters. The number of rotatable bonds is 4.